The fourth-order valence-electron chi connectivity index (χ4n) is 2.75. The molecule has 0 aromatic carbocycles. The van der Waals surface area contributed by atoms with Crippen molar-refractivity contribution in [1.82, 2.24) is 0 Å². The molecule has 4 radical (unpaired) electrons. The van der Waals surface area contributed by atoms with E-state index in [9.17, 15) is 0 Å². The molecule has 0 nitrogen and oxygen atoms in total. The third-order valence-corrected chi connectivity index (χ3v) is 4.52. The average Bonchev–Trinajstić information content (AvgIpc) is 2.36. The van der Waals surface area contributed by atoms with Gasteiger partial charge in [0, 0.05) is 0 Å². The second-order valence-electron chi connectivity index (χ2n) is 6.55. The van der Waals surface area contributed by atoms with Crippen LogP contribution < -0.4 is 0 Å². The van der Waals surface area contributed by atoms with Crippen molar-refractivity contribution in [1.29, 1.82) is 0 Å². The van der Waals surface area contributed by atoms with Gasteiger partial charge in [-0.3, -0.25) is 0 Å². The van der Waals surface area contributed by atoms with Gasteiger partial charge in [-0.1, -0.05) is 109 Å². The van der Waals surface area contributed by atoms with Gasteiger partial charge in [0.05, 0.1) is 15.7 Å². The van der Waals surface area contributed by atoms with Crippen molar-refractivity contribution in [2.75, 3.05) is 0 Å². The van der Waals surface area contributed by atoms with Crippen molar-refractivity contribution >= 4 is 15.7 Å². The van der Waals surface area contributed by atoms with Gasteiger partial charge < -0.3 is 0 Å². The maximum atomic E-state index is 6.41. The Morgan fingerprint density at radius 3 is 1.47 bits per heavy atom. The molecule has 0 saturated carbocycles. The topological polar surface area (TPSA) is 0 Å². The molecule has 19 heavy (non-hydrogen) atoms. The Bertz CT molecular complexity index is 187. The van der Waals surface area contributed by atoms with Crippen molar-refractivity contribution < 1.29 is 0 Å². The van der Waals surface area contributed by atoms with Crippen LogP contribution in [0.3, 0.4) is 0 Å². The summed E-state index contributed by atoms with van der Waals surface area (Å²) in [5, 5.41) is -0.488. The van der Waals surface area contributed by atoms with Gasteiger partial charge in [0.15, 0.2) is 0 Å². The van der Waals surface area contributed by atoms with E-state index in [2.05, 4.69) is 27.7 Å². The van der Waals surface area contributed by atoms with Crippen LogP contribution in [0.1, 0.15) is 91.9 Å². The largest absolute Gasteiger partial charge is 0.0941 e. The number of hydrogen-bond acceptors (Lipinski definition) is 0. The smallest absolute Gasteiger partial charge is 0.0627 e. The second kappa shape index (κ2) is 10.9. The predicted molar refractivity (Wildman–Crippen MR) is 90.0 cm³/mol. The minimum Gasteiger partial charge on any atom is -0.0941 e. The van der Waals surface area contributed by atoms with E-state index < -0.39 is 5.21 Å². The number of hydrogen-bond donors (Lipinski definition) is 0. The van der Waals surface area contributed by atoms with Crippen LogP contribution in [-0.4, -0.2) is 15.7 Å². The van der Waals surface area contributed by atoms with Gasteiger partial charge in [0.25, 0.3) is 0 Å². The fourth-order valence-corrected chi connectivity index (χ4v) is 2.75. The first-order chi connectivity index (χ1) is 8.96. The Kier molecular flexibility index (Phi) is 10.9. The number of unbranched alkanes of at least 4 members (excludes halogenated alkanes) is 6. The maximum Gasteiger partial charge on any atom is 0.0627 e. The summed E-state index contributed by atoms with van der Waals surface area (Å²) in [6, 6.07) is 0. The molecule has 0 heterocycles. The molecule has 0 aliphatic heterocycles. The third kappa shape index (κ3) is 8.10. The van der Waals surface area contributed by atoms with Gasteiger partial charge in [0.2, 0.25) is 0 Å². The summed E-state index contributed by atoms with van der Waals surface area (Å²) in [5.41, 5.74) is 0. The van der Waals surface area contributed by atoms with E-state index in [1.54, 1.807) is 0 Å². The molecule has 0 fully saturated rings. The highest BCUT2D eigenvalue weighted by atomic mass is 14.3. The van der Waals surface area contributed by atoms with Crippen molar-refractivity contribution in [2.45, 2.75) is 97.1 Å². The highest BCUT2D eigenvalue weighted by Gasteiger charge is 2.30. The summed E-state index contributed by atoms with van der Waals surface area (Å²) in [4.78, 5) is 0. The lowest BCUT2D eigenvalue weighted by atomic mass is 9.42. The van der Waals surface area contributed by atoms with Gasteiger partial charge in [-0.15, -0.1) is 0 Å². The normalized spacial score (nSPS) is 12.5. The van der Waals surface area contributed by atoms with E-state index in [-0.39, 0.29) is 0 Å². The minimum atomic E-state index is -0.488. The molecule has 0 unspecified atom stereocenters. The first-order valence-corrected chi connectivity index (χ1v) is 8.54. The molecule has 0 N–H and O–H groups in total. The van der Waals surface area contributed by atoms with Crippen molar-refractivity contribution in [3.63, 3.8) is 0 Å². The van der Waals surface area contributed by atoms with Crippen molar-refractivity contribution in [3.8, 4) is 0 Å². The van der Waals surface area contributed by atoms with Gasteiger partial charge in [0.1, 0.15) is 0 Å². The molecule has 0 atom stereocenters. The zero-order chi connectivity index (χ0) is 14.7. The quantitative estimate of drug-likeness (QED) is 0.314. The number of rotatable bonds is 12. The maximum absolute atomic E-state index is 6.41. The van der Waals surface area contributed by atoms with E-state index in [1.165, 1.54) is 64.2 Å². The molecule has 0 spiro atoms. The lowest BCUT2D eigenvalue weighted by Gasteiger charge is -2.40. The van der Waals surface area contributed by atoms with Crippen LogP contribution in [0.25, 0.3) is 0 Å². The first kappa shape index (κ1) is 19.1. The molecular weight excluding hydrogens is 226 g/mol. The summed E-state index contributed by atoms with van der Waals surface area (Å²) in [6.45, 7) is 8.83. The zero-order valence-electron chi connectivity index (χ0n) is 13.9. The van der Waals surface area contributed by atoms with Crippen molar-refractivity contribution in [2.24, 2.45) is 11.8 Å². The Morgan fingerprint density at radius 1 is 0.737 bits per heavy atom. The van der Waals surface area contributed by atoms with E-state index in [1.807, 2.05) is 0 Å². The Morgan fingerprint density at radius 2 is 1.16 bits per heavy atom. The van der Waals surface area contributed by atoms with Crippen LogP contribution in [0.4, 0.5) is 0 Å². The van der Waals surface area contributed by atoms with Gasteiger partial charge in [-0.25, -0.2) is 0 Å². The van der Waals surface area contributed by atoms with Crippen LogP contribution in [-0.2, 0) is 0 Å². The van der Waals surface area contributed by atoms with E-state index in [4.69, 9.17) is 15.7 Å². The van der Waals surface area contributed by atoms with Gasteiger partial charge in [-0.2, -0.15) is 0 Å². The van der Waals surface area contributed by atoms with Gasteiger partial charge >= 0.3 is 0 Å². The van der Waals surface area contributed by atoms with Crippen LogP contribution in [0.15, 0.2) is 0 Å². The third-order valence-electron chi connectivity index (χ3n) is 4.52. The molecule has 0 aliphatic carbocycles. The monoisotopic (exact) mass is 260 g/mol. The molecule has 2 heteroatoms. The van der Waals surface area contributed by atoms with Crippen LogP contribution in [0, 0.1) is 11.8 Å². The first-order valence-electron chi connectivity index (χ1n) is 8.54. The van der Waals surface area contributed by atoms with Crippen molar-refractivity contribution in [3.05, 3.63) is 0 Å². The Hall–Kier alpha value is 0.130. The van der Waals surface area contributed by atoms with Crippen LogP contribution in [0.2, 0.25) is 5.21 Å². The summed E-state index contributed by atoms with van der Waals surface area (Å²) in [7, 11) is 12.8. The lowest BCUT2D eigenvalue weighted by molar-refractivity contribution is 0.309. The molecule has 0 rings (SSSR count). The lowest BCUT2D eigenvalue weighted by Crippen LogP contribution is -2.30. The van der Waals surface area contributed by atoms with E-state index in [0.29, 0.717) is 11.8 Å². The average molecular weight is 260 g/mol. The second-order valence-corrected chi connectivity index (χ2v) is 6.55. The minimum absolute atomic E-state index is 0.356. The molecule has 0 amide bonds. The summed E-state index contributed by atoms with van der Waals surface area (Å²) >= 11 is 0. The molecule has 108 valence electrons. The molecule has 0 aromatic heterocycles. The van der Waals surface area contributed by atoms with Crippen LogP contribution >= 0.6 is 0 Å². The standard InChI is InChI=1S/C17H34B2/c1-5-7-9-11-13-16(14-12-10-8-6-2)17(18,19)15(3)4/h15-16H,5-14H2,1-4H3. The van der Waals surface area contributed by atoms with E-state index in [0.717, 1.165) is 0 Å². The van der Waals surface area contributed by atoms with Gasteiger partial charge in [-0.05, 0) is 0 Å². The molecule has 0 bridgehead atoms. The SMILES string of the molecule is [B]C([B])(C(C)C)C(CCCCCC)CCCCCC. The Balaban J connectivity index is 4.22. The summed E-state index contributed by atoms with van der Waals surface area (Å²) in [6.07, 6.45) is 12.9. The predicted octanol–water partition coefficient (Wildman–Crippen LogP) is 5.65. The highest BCUT2D eigenvalue weighted by molar-refractivity contribution is 6.40. The van der Waals surface area contributed by atoms with E-state index >= 15 is 0 Å². The highest BCUT2D eigenvalue weighted by Crippen LogP contribution is 2.42. The Labute approximate surface area is 125 Å². The zero-order valence-corrected chi connectivity index (χ0v) is 13.9. The molecule has 0 aliphatic rings. The molecule has 0 saturated heterocycles. The summed E-state index contributed by atoms with van der Waals surface area (Å²) < 4.78 is 0. The fraction of sp³-hybridized carbons (Fsp3) is 1.00. The molecule has 0 aromatic rings. The summed E-state index contributed by atoms with van der Waals surface area (Å²) in [5.74, 6) is 0.844. The van der Waals surface area contributed by atoms with Crippen LogP contribution in [0.5, 0.6) is 0 Å². The molecular formula is C17H34B2.